The van der Waals surface area contributed by atoms with E-state index >= 15 is 0 Å². The highest BCUT2D eigenvalue weighted by molar-refractivity contribution is 5.90. The molecular formula is C16H23NO. The number of aromatic nitrogens is 1. The van der Waals surface area contributed by atoms with Gasteiger partial charge in [0.15, 0.2) is 0 Å². The van der Waals surface area contributed by atoms with Crippen LogP contribution in [-0.4, -0.2) is 18.3 Å². The molecule has 18 heavy (non-hydrogen) atoms. The van der Waals surface area contributed by atoms with Crippen LogP contribution in [0.25, 0.3) is 10.9 Å². The highest BCUT2D eigenvalue weighted by atomic mass is 16.5. The van der Waals surface area contributed by atoms with Crippen molar-refractivity contribution >= 4 is 10.9 Å². The van der Waals surface area contributed by atoms with E-state index in [1.54, 1.807) is 7.11 Å². The summed E-state index contributed by atoms with van der Waals surface area (Å²) in [6.45, 7) is 10.7. The monoisotopic (exact) mass is 245 g/mol. The Morgan fingerprint density at radius 3 is 2.39 bits per heavy atom. The van der Waals surface area contributed by atoms with Gasteiger partial charge in [0.1, 0.15) is 0 Å². The first-order valence-electron chi connectivity index (χ1n) is 6.62. The Bertz CT molecular complexity index is 566. The lowest BCUT2D eigenvalue weighted by Crippen LogP contribution is -2.04. The maximum atomic E-state index is 5.16. The van der Waals surface area contributed by atoms with Gasteiger partial charge < -0.3 is 9.30 Å². The normalized spacial score (nSPS) is 11.4. The number of nitrogens with zero attached hydrogens (tertiary/aromatic N) is 1. The number of methoxy groups -OCH3 is 1. The molecule has 98 valence electrons. The first-order chi connectivity index (χ1) is 8.57. The zero-order valence-corrected chi connectivity index (χ0v) is 12.1. The van der Waals surface area contributed by atoms with Crippen LogP contribution in [0.5, 0.6) is 0 Å². The molecule has 0 atom stereocenters. The molecular weight excluding hydrogens is 222 g/mol. The molecule has 2 heteroatoms. The summed E-state index contributed by atoms with van der Waals surface area (Å²) in [5.41, 5.74) is 6.95. The van der Waals surface area contributed by atoms with Gasteiger partial charge in [-0.2, -0.15) is 0 Å². The maximum Gasteiger partial charge on any atom is 0.0517 e. The Hall–Kier alpha value is -1.28. The number of aryl methyl sites for hydroxylation is 4. The Labute approximate surface area is 110 Å². The van der Waals surface area contributed by atoms with Crippen molar-refractivity contribution in [2.45, 2.75) is 40.7 Å². The lowest BCUT2D eigenvalue weighted by Gasteiger charge is -2.10. The van der Waals surface area contributed by atoms with Gasteiger partial charge in [-0.05, 0) is 50.8 Å². The molecule has 0 unspecified atom stereocenters. The molecule has 0 saturated heterocycles. The van der Waals surface area contributed by atoms with Crippen LogP contribution in [0.15, 0.2) is 12.1 Å². The van der Waals surface area contributed by atoms with Gasteiger partial charge in [0, 0.05) is 31.3 Å². The number of hydrogen-bond acceptors (Lipinski definition) is 1. The van der Waals surface area contributed by atoms with Gasteiger partial charge in [-0.15, -0.1) is 0 Å². The molecule has 0 saturated carbocycles. The molecule has 2 nitrogen and oxygen atoms in total. The second-order valence-electron chi connectivity index (χ2n) is 5.13. The van der Waals surface area contributed by atoms with E-state index in [0.29, 0.717) is 0 Å². The first kappa shape index (κ1) is 13.2. The van der Waals surface area contributed by atoms with E-state index in [0.717, 1.165) is 19.6 Å². The van der Waals surface area contributed by atoms with Crippen molar-refractivity contribution in [1.82, 2.24) is 4.57 Å². The molecule has 0 aliphatic carbocycles. The van der Waals surface area contributed by atoms with E-state index in [1.165, 1.54) is 33.3 Å². The molecule has 0 fully saturated rings. The minimum Gasteiger partial charge on any atom is -0.385 e. The highest BCUT2D eigenvalue weighted by Gasteiger charge is 2.14. The van der Waals surface area contributed by atoms with Gasteiger partial charge in [-0.1, -0.05) is 12.1 Å². The quantitative estimate of drug-likeness (QED) is 0.745. The van der Waals surface area contributed by atoms with Crippen LogP contribution in [0.3, 0.4) is 0 Å². The minimum atomic E-state index is 0.822. The third-order valence-electron chi connectivity index (χ3n) is 3.91. The topological polar surface area (TPSA) is 14.2 Å². The van der Waals surface area contributed by atoms with Gasteiger partial charge >= 0.3 is 0 Å². The second kappa shape index (κ2) is 5.15. The Morgan fingerprint density at radius 2 is 1.72 bits per heavy atom. The molecule has 0 N–H and O–H groups in total. The molecule has 0 spiro atoms. The number of hydrogen-bond donors (Lipinski definition) is 0. The summed E-state index contributed by atoms with van der Waals surface area (Å²) in [5, 5.41) is 1.44. The van der Waals surface area contributed by atoms with Crippen LogP contribution in [0, 0.1) is 27.7 Å². The molecule has 0 amide bonds. The fourth-order valence-corrected chi connectivity index (χ4v) is 2.81. The molecule has 2 rings (SSSR count). The molecule has 0 aliphatic rings. The number of fused-ring (bicyclic) bond motifs is 1. The molecule has 0 bridgehead atoms. The minimum absolute atomic E-state index is 0.822. The van der Waals surface area contributed by atoms with E-state index in [9.17, 15) is 0 Å². The molecule has 0 radical (unpaired) electrons. The smallest absolute Gasteiger partial charge is 0.0517 e. The molecule has 1 heterocycles. The van der Waals surface area contributed by atoms with Crippen LogP contribution >= 0.6 is 0 Å². The van der Waals surface area contributed by atoms with Gasteiger partial charge in [0.05, 0.1) is 5.52 Å². The van der Waals surface area contributed by atoms with Gasteiger partial charge in [-0.25, -0.2) is 0 Å². The van der Waals surface area contributed by atoms with E-state index in [-0.39, 0.29) is 0 Å². The van der Waals surface area contributed by atoms with Crippen molar-refractivity contribution in [2.75, 3.05) is 13.7 Å². The Kier molecular flexibility index (Phi) is 3.76. The fraction of sp³-hybridized carbons (Fsp3) is 0.500. The van der Waals surface area contributed by atoms with Gasteiger partial charge in [0.2, 0.25) is 0 Å². The Balaban J connectivity index is 2.58. The lowest BCUT2D eigenvalue weighted by atomic mass is 10.0. The van der Waals surface area contributed by atoms with Crippen LogP contribution < -0.4 is 0 Å². The molecule has 1 aromatic heterocycles. The summed E-state index contributed by atoms with van der Waals surface area (Å²) in [6.07, 6.45) is 1.06. The van der Waals surface area contributed by atoms with E-state index in [1.807, 2.05) is 0 Å². The summed E-state index contributed by atoms with van der Waals surface area (Å²) in [6, 6.07) is 4.45. The van der Waals surface area contributed by atoms with Crippen molar-refractivity contribution in [2.24, 2.45) is 0 Å². The average Bonchev–Trinajstić information content (AvgIpc) is 2.60. The van der Waals surface area contributed by atoms with Crippen molar-refractivity contribution in [3.8, 4) is 0 Å². The molecule has 2 aromatic rings. The maximum absolute atomic E-state index is 5.16. The standard InChI is InChI=1S/C16H23NO/c1-11-7-8-12(2)16-15(11)13(3)14(4)17(16)9-6-10-18-5/h7-8H,6,9-10H2,1-5H3. The average molecular weight is 245 g/mol. The SMILES string of the molecule is COCCCn1c(C)c(C)c2c(C)ccc(C)c21. The van der Waals surface area contributed by atoms with Crippen LogP contribution in [0.2, 0.25) is 0 Å². The third kappa shape index (κ3) is 2.05. The largest absolute Gasteiger partial charge is 0.385 e. The van der Waals surface area contributed by atoms with E-state index < -0.39 is 0 Å². The van der Waals surface area contributed by atoms with Gasteiger partial charge in [0.25, 0.3) is 0 Å². The number of rotatable bonds is 4. The predicted molar refractivity (Wildman–Crippen MR) is 77.4 cm³/mol. The molecule has 1 aromatic carbocycles. The number of benzene rings is 1. The van der Waals surface area contributed by atoms with Crippen molar-refractivity contribution < 1.29 is 4.74 Å². The van der Waals surface area contributed by atoms with Crippen molar-refractivity contribution in [3.63, 3.8) is 0 Å². The Morgan fingerprint density at radius 1 is 1.06 bits per heavy atom. The van der Waals surface area contributed by atoms with E-state index in [2.05, 4.69) is 44.4 Å². The predicted octanol–water partition coefficient (Wildman–Crippen LogP) is 3.91. The third-order valence-corrected chi connectivity index (χ3v) is 3.91. The zero-order chi connectivity index (χ0) is 13.3. The van der Waals surface area contributed by atoms with E-state index in [4.69, 9.17) is 4.74 Å². The summed E-state index contributed by atoms with van der Waals surface area (Å²) < 4.78 is 7.61. The molecule has 0 aliphatic heterocycles. The number of ether oxygens (including phenoxy) is 1. The lowest BCUT2D eigenvalue weighted by molar-refractivity contribution is 0.190. The van der Waals surface area contributed by atoms with Crippen LogP contribution in [0.1, 0.15) is 28.8 Å². The van der Waals surface area contributed by atoms with Crippen LogP contribution in [-0.2, 0) is 11.3 Å². The zero-order valence-electron chi connectivity index (χ0n) is 12.1. The summed E-state index contributed by atoms with van der Waals surface area (Å²) >= 11 is 0. The van der Waals surface area contributed by atoms with Crippen LogP contribution in [0.4, 0.5) is 0 Å². The van der Waals surface area contributed by atoms with Gasteiger partial charge in [-0.3, -0.25) is 0 Å². The van der Waals surface area contributed by atoms with Crippen molar-refractivity contribution in [1.29, 1.82) is 0 Å². The first-order valence-corrected chi connectivity index (χ1v) is 6.62. The highest BCUT2D eigenvalue weighted by Crippen LogP contribution is 2.30. The second-order valence-corrected chi connectivity index (χ2v) is 5.13. The summed E-state index contributed by atoms with van der Waals surface area (Å²) in [7, 11) is 1.77. The van der Waals surface area contributed by atoms with Crippen molar-refractivity contribution in [3.05, 3.63) is 34.5 Å². The fourth-order valence-electron chi connectivity index (χ4n) is 2.81. The summed E-state index contributed by atoms with van der Waals surface area (Å²) in [4.78, 5) is 0. The summed E-state index contributed by atoms with van der Waals surface area (Å²) in [5.74, 6) is 0.